The third-order valence-corrected chi connectivity index (χ3v) is 7.91. The average molecular weight is 492 g/mol. The smallest absolute Gasteiger partial charge is 0.253 e. The first-order valence-corrected chi connectivity index (χ1v) is 12.7. The molecule has 1 aliphatic carbocycles. The van der Waals surface area contributed by atoms with Crippen LogP contribution in [0.5, 0.6) is 0 Å². The van der Waals surface area contributed by atoms with Gasteiger partial charge in [0.25, 0.3) is 5.56 Å². The summed E-state index contributed by atoms with van der Waals surface area (Å²) in [5.74, 6) is 1.24. The molecule has 3 heterocycles. The number of aryl methyl sites for hydroxylation is 1. The van der Waals surface area contributed by atoms with Gasteiger partial charge in [0.05, 0.1) is 22.5 Å². The highest BCUT2D eigenvalue weighted by Gasteiger charge is 2.45. The van der Waals surface area contributed by atoms with E-state index in [1.807, 2.05) is 6.92 Å². The third-order valence-electron chi connectivity index (χ3n) is 6.61. The molecule has 0 radical (unpaired) electrons. The Labute approximate surface area is 208 Å². The van der Waals surface area contributed by atoms with E-state index in [0.29, 0.717) is 30.0 Å². The first-order chi connectivity index (χ1) is 16.8. The molecule has 8 heteroatoms. The van der Waals surface area contributed by atoms with E-state index in [9.17, 15) is 9.18 Å². The van der Waals surface area contributed by atoms with Crippen LogP contribution in [-0.2, 0) is 12.1 Å². The van der Waals surface area contributed by atoms with Gasteiger partial charge in [-0.1, -0.05) is 24.3 Å². The van der Waals surface area contributed by atoms with Crippen LogP contribution in [0.4, 0.5) is 10.2 Å². The topological polar surface area (TPSA) is 63.1 Å². The van der Waals surface area contributed by atoms with Crippen LogP contribution in [0.1, 0.15) is 42.1 Å². The number of nitrogens with one attached hydrogen (secondary N) is 1. The molecule has 0 spiro atoms. The lowest BCUT2D eigenvalue weighted by Gasteiger charge is -2.19. The molecule has 0 bridgehead atoms. The molecule has 0 amide bonds. The molecular weight excluding hydrogens is 461 g/mol. The zero-order valence-electron chi connectivity index (χ0n) is 20.5. The molecule has 1 saturated carbocycles. The molecule has 1 unspecified atom stereocenters. The summed E-state index contributed by atoms with van der Waals surface area (Å²) in [6.45, 7) is 4.25. The van der Waals surface area contributed by atoms with Gasteiger partial charge < -0.3 is 14.8 Å². The van der Waals surface area contributed by atoms with E-state index >= 15 is 0 Å². The van der Waals surface area contributed by atoms with Crippen molar-refractivity contribution in [3.8, 4) is 10.4 Å². The number of benzene rings is 1. The Bertz CT molecular complexity index is 1440. The molecule has 35 heavy (non-hydrogen) atoms. The summed E-state index contributed by atoms with van der Waals surface area (Å²) in [5.41, 5.74) is 2.19. The second-order valence-corrected chi connectivity index (χ2v) is 10.8. The number of thiophene rings is 1. The molecule has 0 aliphatic heterocycles. The van der Waals surface area contributed by atoms with Gasteiger partial charge in [-0.15, -0.1) is 11.3 Å². The van der Waals surface area contributed by atoms with Crippen LogP contribution < -0.4 is 10.9 Å². The van der Waals surface area contributed by atoms with Gasteiger partial charge in [-0.3, -0.25) is 4.79 Å². The second kappa shape index (κ2) is 9.17. The molecule has 1 aromatic carbocycles. The van der Waals surface area contributed by atoms with Crippen molar-refractivity contribution in [2.24, 2.45) is 0 Å². The van der Waals surface area contributed by atoms with Crippen molar-refractivity contribution in [1.82, 2.24) is 19.4 Å². The molecule has 182 valence electrons. The lowest BCUT2D eigenvalue weighted by Crippen LogP contribution is -2.31. The fraction of sp³-hybridized carbons (Fsp3) is 0.370. The highest BCUT2D eigenvalue weighted by Crippen LogP contribution is 2.43. The summed E-state index contributed by atoms with van der Waals surface area (Å²) in [6, 6.07) is 14.3. The van der Waals surface area contributed by atoms with Gasteiger partial charge in [0.2, 0.25) is 0 Å². The first kappa shape index (κ1) is 23.6. The maximum Gasteiger partial charge on any atom is 0.253 e. The van der Waals surface area contributed by atoms with Gasteiger partial charge in [-0.2, -0.15) is 0 Å². The molecule has 4 aromatic rings. The van der Waals surface area contributed by atoms with E-state index in [4.69, 9.17) is 0 Å². The highest BCUT2D eigenvalue weighted by atomic mass is 32.1. The number of anilines is 1. The SMILES string of the molecule is Cc1nc(NC(C)c2ccc(-c3ccccc3CN(C)C)s2)c2cn(C3(CF)CC3)c(=O)cc2n1. The van der Waals surface area contributed by atoms with Gasteiger partial charge >= 0.3 is 0 Å². The lowest BCUT2D eigenvalue weighted by molar-refractivity contribution is 0.331. The molecule has 3 aromatic heterocycles. The van der Waals surface area contributed by atoms with E-state index in [1.54, 1.807) is 17.5 Å². The minimum atomic E-state index is -0.707. The maximum absolute atomic E-state index is 13.7. The van der Waals surface area contributed by atoms with Crippen molar-refractivity contribution >= 4 is 28.1 Å². The summed E-state index contributed by atoms with van der Waals surface area (Å²) in [5, 5.41) is 4.26. The van der Waals surface area contributed by atoms with Crippen LogP contribution in [0.25, 0.3) is 21.3 Å². The molecule has 6 nitrogen and oxygen atoms in total. The van der Waals surface area contributed by atoms with Crippen molar-refractivity contribution in [3.05, 3.63) is 75.3 Å². The normalized spacial score (nSPS) is 15.5. The second-order valence-electron chi connectivity index (χ2n) is 9.72. The molecular formula is C27H30FN5OS. The molecule has 1 aliphatic rings. The number of nitrogens with zero attached hydrogens (tertiary/aromatic N) is 4. The average Bonchev–Trinajstić information content (AvgIpc) is 3.45. The van der Waals surface area contributed by atoms with E-state index < -0.39 is 12.2 Å². The first-order valence-electron chi connectivity index (χ1n) is 11.9. The monoisotopic (exact) mass is 491 g/mol. The largest absolute Gasteiger partial charge is 0.362 e. The standard InChI is InChI=1S/C27H30FN5OS/c1-17(23-9-10-24(35-23)20-8-6-5-7-19(20)14-32(3)4)29-26-21-15-33(27(16-28)11-12-27)25(34)13-22(21)30-18(2)31-26/h5-10,13,15,17H,11-12,14,16H2,1-4H3,(H,29,30,31). The van der Waals surface area contributed by atoms with Crippen LogP contribution in [0.3, 0.4) is 0 Å². The summed E-state index contributed by atoms with van der Waals surface area (Å²) < 4.78 is 15.3. The fourth-order valence-corrected chi connectivity index (χ4v) is 5.60. The Hall–Kier alpha value is -3.10. The lowest BCUT2D eigenvalue weighted by atomic mass is 10.1. The number of hydrogen-bond donors (Lipinski definition) is 1. The predicted octanol–water partition coefficient (Wildman–Crippen LogP) is 5.52. The van der Waals surface area contributed by atoms with Gasteiger partial charge in [0, 0.05) is 28.6 Å². The highest BCUT2D eigenvalue weighted by molar-refractivity contribution is 7.15. The maximum atomic E-state index is 13.7. The molecule has 0 saturated heterocycles. The molecule has 1 N–H and O–H groups in total. The Morgan fingerprint density at radius 1 is 1.20 bits per heavy atom. The van der Waals surface area contributed by atoms with Gasteiger partial charge in [-0.05, 0) is 64.0 Å². The number of hydrogen-bond acceptors (Lipinski definition) is 6. The van der Waals surface area contributed by atoms with Crippen molar-refractivity contribution in [3.63, 3.8) is 0 Å². The van der Waals surface area contributed by atoms with Gasteiger partial charge in [0.1, 0.15) is 18.3 Å². The summed E-state index contributed by atoms with van der Waals surface area (Å²) >= 11 is 1.76. The fourth-order valence-electron chi connectivity index (χ4n) is 4.53. The van der Waals surface area contributed by atoms with Crippen LogP contribution in [0, 0.1) is 6.92 Å². The van der Waals surface area contributed by atoms with E-state index in [1.165, 1.54) is 31.5 Å². The van der Waals surface area contributed by atoms with Crippen molar-refractivity contribution in [2.45, 2.75) is 44.8 Å². The van der Waals surface area contributed by atoms with Crippen LogP contribution in [0.2, 0.25) is 0 Å². The van der Waals surface area contributed by atoms with E-state index in [0.717, 1.165) is 11.9 Å². The van der Waals surface area contributed by atoms with E-state index in [2.05, 4.69) is 77.6 Å². The quantitative estimate of drug-likeness (QED) is 0.352. The zero-order valence-corrected chi connectivity index (χ0v) is 21.3. The minimum absolute atomic E-state index is 0.0105. The summed E-state index contributed by atoms with van der Waals surface area (Å²) in [7, 11) is 4.16. The number of aromatic nitrogens is 3. The van der Waals surface area contributed by atoms with Crippen molar-refractivity contribution in [1.29, 1.82) is 0 Å². The van der Waals surface area contributed by atoms with Crippen LogP contribution in [0.15, 0.2) is 53.5 Å². The van der Waals surface area contributed by atoms with Crippen LogP contribution in [-0.4, -0.2) is 40.2 Å². The van der Waals surface area contributed by atoms with Gasteiger partial charge in [0.15, 0.2) is 0 Å². The van der Waals surface area contributed by atoms with Crippen molar-refractivity contribution < 1.29 is 4.39 Å². The van der Waals surface area contributed by atoms with Crippen LogP contribution >= 0.6 is 11.3 Å². The number of halogens is 1. The van der Waals surface area contributed by atoms with E-state index in [-0.39, 0.29) is 11.6 Å². The summed E-state index contributed by atoms with van der Waals surface area (Å²) in [6.07, 6.45) is 3.08. The third kappa shape index (κ3) is 4.60. The predicted molar refractivity (Wildman–Crippen MR) is 141 cm³/mol. The zero-order chi connectivity index (χ0) is 24.7. The number of pyridine rings is 1. The summed E-state index contributed by atoms with van der Waals surface area (Å²) in [4.78, 5) is 26.4. The Kier molecular flexibility index (Phi) is 6.19. The van der Waals surface area contributed by atoms with Crippen molar-refractivity contribution in [2.75, 3.05) is 26.1 Å². The Morgan fingerprint density at radius 2 is 1.97 bits per heavy atom. The number of rotatable bonds is 8. The molecule has 1 fully saturated rings. The molecule has 5 rings (SSSR count). The number of alkyl halides is 1. The number of fused-ring (bicyclic) bond motifs is 1. The minimum Gasteiger partial charge on any atom is -0.362 e. The van der Waals surface area contributed by atoms with Gasteiger partial charge in [-0.25, -0.2) is 14.4 Å². The molecule has 1 atom stereocenters. The Morgan fingerprint density at radius 3 is 2.69 bits per heavy atom. The Balaban J connectivity index is 1.47.